The maximum absolute atomic E-state index is 13.6. The van der Waals surface area contributed by atoms with Gasteiger partial charge in [-0.1, -0.05) is 26.0 Å². The number of hydrogen-bond acceptors (Lipinski definition) is 7. The van der Waals surface area contributed by atoms with Crippen LogP contribution >= 0.6 is 11.8 Å². The van der Waals surface area contributed by atoms with Crippen LogP contribution < -0.4 is 5.32 Å². The molecule has 1 aliphatic heterocycles. The number of nitrogens with one attached hydrogen (secondary N) is 1. The van der Waals surface area contributed by atoms with Crippen molar-refractivity contribution in [2.45, 2.75) is 33.1 Å². The predicted octanol–water partition coefficient (Wildman–Crippen LogP) is 3.74. The minimum atomic E-state index is -0.958. The summed E-state index contributed by atoms with van der Waals surface area (Å²) in [6.07, 6.45) is 0.450. The predicted molar refractivity (Wildman–Crippen MR) is 120 cm³/mol. The molecule has 1 aliphatic carbocycles. The molecule has 0 bridgehead atoms. The molecule has 1 aromatic rings. The molecule has 32 heavy (non-hydrogen) atoms. The van der Waals surface area contributed by atoms with Crippen molar-refractivity contribution in [3.8, 4) is 0 Å². The standard InChI is InChI=1S/C24H28FNO5S/c1-5-32-11-10-31-24(29)19-14(3)26-17-12-13(2)18(23(28)30-4)22(27)21(17)20(19)15-6-8-16(25)9-7-15/h6-9,13,18,20,26H,5,10-12H2,1-4H3/t13-,18+,20+/m0/s1. The van der Waals surface area contributed by atoms with Crippen LogP contribution in [0.2, 0.25) is 0 Å². The van der Waals surface area contributed by atoms with Crippen molar-refractivity contribution >= 4 is 29.5 Å². The molecule has 1 N–H and O–H groups in total. The van der Waals surface area contributed by atoms with Crippen molar-refractivity contribution in [2.24, 2.45) is 11.8 Å². The van der Waals surface area contributed by atoms with Gasteiger partial charge in [-0.2, -0.15) is 11.8 Å². The molecule has 0 saturated carbocycles. The van der Waals surface area contributed by atoms with Crippen molar-refractivity contribution in [3.05, 3.63) is 58.2 Å². The van der Waals surface area contributed by atoms with Crippen LogP contribution in [0.4, 0.5) is 4.39 Å². The van der Waals surface area contributed by atoms with E-state index in [2.05, 4.69) is 5.32 Å². The summed E-state index contributed by atoms with van der Waals surface area (Å²) in [5.41, 5.74) is 2.48. The van der Waals surface area contributed by atoms with Crippen molar-refractivity contribution in [1.82, 2.24) is 5.32 Å². The first-order valence-electron chi connectivity index (χ1n) is 10.6. The molecule has 2 aliphatic rings. The topological polar surface area (TPSA) is 81.7 Å². The van der Waals surface area contributed by atoms with E-state index in [4.69, 9.17) is 9.47 Å². The quantitative estimate of drug-likeness (QED) is 0.376. The van der Waals surface area contributed by atoms with E-state index in [1.165, 1.54) is 19.2 Å². The number of Topliss-reactive ketones (excluding diaryl/α,β-unsaturated/α-hetero) is 1. The summed E-state index contributed by atoms with van der Waals surface area (Å²) in [7, 11) is 1.25. The third-order valence-corrected chi connectivity index (χ3v) is 6.69. The number of carbonyl (C=O) groups excluding carboxylic acids is 3. The molecule has 1 heterocycles. The maximum Gasteiger partial charge on any atom is 0.336 e. The van der Waals surface area contributed by atoms with E-state index in [9.17, 15) is 18.8 Å². The molecule has 0 fully saturated rings. The zero-order valence-corrected chi connectivity index (χ0v) is 19.5. The number of carbonyl (C=O) groups is 3. The van der Waals surface area contributed by atoms with Gasteiger partial charge in [0.1, 0.15) is 18.3 Å². The Kier molecular flexibility index (Phi) is 7.77. The van der Waals surface area contributed by atoms with E-state index in [-0.39, 0.29) is 18.3 Å². The van der Waals surface area contributed by atoms with Gasteiger partial charge in [0.15, 0.2) is 5.78 Å². The van der Waals surface area contributed by atoms with Crippen LogP contribution in [-0.4, -0.2) is 42.9 Å². The van der Waals surface area contributed by atoms with Crippen molar-refractivity contribution in [3.63, 3.8) is 0 Å². The zero-order chi connectivity index (χ0) is 23.4. The first kappa shape index (κ1) is 24.0. The highest BCUT2D eigenvalue weighted by Crippen LogP contribution is 2.45. The van der Waals surface area contributed by atoms with Crippen molar-refractivity contribution in [1.29, 1.82) is 0 Å². The number of ether oxygens (including phenoxy) is 2. The lowest BCUT2D eigenvalue weighted by Gasteiger charge is -2.38. The second-order valence-corrected chi connectivity index (χ2v) is 9.31. The maximum atomic E-state index is 13.6. The Hall–Kier alpha value is -2.61. The molecular formula is C24H28FNO5S. The van der Waals surface area contributed by atoms with Gasteiger partial charge in [0.25, 0.3) is 0 Å². The van der Waals surface area contributed by atoms with E-state index in [0.29, 0.717) is 40.3 Å². The largest absolute Gasteiger partial charge is 0.468 e. The lowest BCUT2D eigenvalue weighted by atomic mass is 9.69. The SMILES string of the molecule is CCSCCOC(=O)C1=C(C)NC2=C(C(=O)[C@H](C(=O)OC)[C@@H](C)C2)[C@@H]1c1ccc(F)cc1. The summed E-state index contributed by atoms with van der Waals surface area (Å²) < 4.78 is 24.0. The average Bonchev–Trinajstić information content (AvgIpc) is 2.76. The van der Waals surface area contributed by atoms with Gasteiger partial charge in [-0.3, -0.25) is 9.59 Å². The number of hydrogen-bond donors (Lipinski definition) is 1. The van der Waals surface area contributed by atoms with Crippen LogP contribution in [0.25, 0.3) is 0 Å². The van der Waals surface area contributed by atoms with E-state index >= 15 is 0 Å². The van der Waals surface area contributed by atoms with Crippen LogP contribution in [0, 0.1) is 17.7 Å². The molecule has 8 heteroatoms. The Morgan fingerprint density at radius 1 is 1.25 bits per heavy atom. The molecule has 0 amide bonds. The first-order chi connectivity index (χ1) is 15.3. The number of allylic oxidation sites excluding steroid dienone is 3. The fourth-order valence-electron chi connectivity index (χ4n) is 4.36. The van der Waals surface area contributed by atoms with Crippen molar-refractivity contribution < 1.29 is 28.2 Å². The summed E-state index contributed by atoms with van der Waals surface area (Å²) in [5.74, 6) is -2.34. The van der Waals surface area contributed by atoms with Gasteiger partial charge >= 0.3 is 11.9 Å². The Bertz CT molecular complexity index is 969. The molecule has 3 atom stereocenters. The van der Waals surface area contributed by atoms with Crippen LogP contribution in [0.15, 0.2) is 46.8 Å². The van der Waals surface area contributed by atoms with E-state index in [0.717, 1.165) is 5.75 Å². The molecule has 1 aromatic carbocycles. The van der Waals surface area contributed by atoms with E-state index in [1.54, 1.807) is 30.8 Å². The number of rotatable bonds is 7. The fourth-order valence-corrected chi connectivity index (χ4v) is 4.84. The second-order valence-electron chi connectivity index (χ2n) is 7.92. The molecule has 0 unspecified atom stereocenters. The third kappa shape index (κ3) is 4.75. The number of thioether (sulfide) groups is 1. The number of methoxy groups -OCH3 is 1. The molecule has 3 rings (SSSR count). The van der Waals surface area contributed by atoms with Crippen molar-refractivity contribution in [2.75, 3.05) is 25.2 Å². The minimum absolute atomic E-state index is 0.242. The number of halogens is 1. The highest BCUT2D eigenvalue weighted by molar-refractivity contribution is 7.99. The van der Waals surface area contributed by atoms with Gasteiger partial charge < -0.3 is 14.8 Å². The lowest BCUT2D eigenvalue weighted by Crippen LogP contribution is -2.43. The summed E-state index contributed by atoms with van der Waals surface area (Å²) in [4.78, 5) is 39.0. The molecule has 0 aromatic heterocycles. The second kappa shape index (κ2) is 10.3. The highest BCUT2D eigenvalue weighted by Gasteiger charge is 2.47. The Labute approximate surface area is 191 Å². The molecule has 0 spiro atoms. The number of ketones is 1. The average molecular weight is 462 g/mol. The summed E-state index contributed by atoms with van der Waals surface area (Å²) in [6, 6.07) is 5.70. The molecular weight excluding hydrogens is 433 g/mol. The normalized spacial score (nSPS) is 22.9. The van der Waals surface area contributed by atoms with Gasteiger partial charge in [-0.05, 0) is 42.7 Å². The van der Waals surface area contributed by atoms with Gasteiger partial charge in [-0.25, -0.2) is 9.18 Å². The molecule has 6 nitrogen and oxygen atoms in total. The van der Waals surface area contributed by atoms with Gasteiger partial charge in [0.2, 0.25) is 0 Å². The molecule has 0 radical (unpaired) electrons. The number of esters is 2. The Balaban J connectivity index is 2.06. The zero-order valence-electron chi connectivity index (χ0n) is 18.7. The van der Waals surface area contributed by atoms with Crippen LogP contribution in [0.3, 0.4) is 0 Å². The molecule has 0 saturated heterocycles. The molecule has 172 valence electrons. The Morgan fingerprint density at radius 2 is 1.94 bits per heavy atom. The van der Waals surface area contributed by atoms with E-state index in [1.807, 2.05) is 13.8 Å². The van der Waals surface area contributed by atoms with Crippen LogP contribution in [0.5, 0.6) is 0 Å². The first-order valence-corrected chi connectivity index (χ1v) is 11.8. The summed E-state index contributed by atoms with van der Waals surface area (Å²) in [6.45, 7) is 5.85. The summed E-state index contributed by atoms with van der Waals surface area (Å²) >= 11 is 1.66. The van der Waals surface area contributed by atoms with Crippen LogP contribution in [0.1, 0.15) is 38.7 Å². The fraction of sp³-hybridized carbons (Fsp3) is 0.458. The third-order valence-electron chi connectivity index (χ3n) is 5.83. The monoisotopic (exact) mass is 461 g/mol. The summed E-state index contributed by atoms with van der Waals surface area (Å²) in [5, 5.41) is 3.21. The van der Waals surface area contributed by atoms with Gasteiger partial charge in [0.05, 0.1) is 12.7 Å². The highest BCUT2D eigenvalue weighted by atomic mass is 32.2. The van der Waals surface area contributed by atoms with Crippen LogP contribution in [-0.2, 0) is 23.9 Å². The number of dihydropyridines is 1. The smallest absolute Gasteiger partial charge is 0.336 e. The minimum Gasteiger partial charge on any atom is -0.468 e. The van der Waals surface area contributed by atoms with E-state index < -0.39 is 29.6 Å². The van der Waals surface area contributed by atoms with Gasteiger partial charge in [0, 0.05) is 28.6 Å². The Morgan fingerprint density at radius 3 is 2.56 bits per heavy atom. The lowest BCUT2D eigenvalue weighted by molar-refractivity contribution is -0.151. The van der Waals surface area contributed by atoms with Gasteiger partial charge in [-0.15, -0.1) is 0 Å². The number of benzene rings is 1.